The highest BCUT2D eigenvalue weighted by molar-refractivity contribution is 6.35. The third kappa shape index (κ3) is 3.66. The van der Waals surface area contributed by atoms with E-state index in [0.29, 0.717) is 17.5 Å². The first-order valence-corrected chi connectivity index (χ1v) is 15.3. The highest BCUT2D eigenvalue weighted by Gasteiger charge is 2.24. The van der Waals surface area contributed by atoms with Gasteiger partial charge in [0.25, 0.3) is 0 Å². The van der Waals surface area contributed by atoms with Crippen molar-refractivity contribution in [2.24, 2.45) is 0 Å². The van der Waals surface area contributed by atoms with Crippen LogP contribution in [0.4, 0.5) is 0 Å². The van der Waals surface area contributed by atoms with E-state index in [1.807, 2.05) is 60.7 Å². The average Bonchev–Trinajstić information content (AvgIpc) is 3.71. The van der Waals surface area contributed by atoms with Crippen LogP contribution in [0.3, 0.4) is 0 Å². The van der Waals surface area contributed by atoms with Gasteiger partial charge in [-0.1, -0.05) is 121 Å². The van der Waals surface area contributed by atoms with Gasteiger partial charge < -0.3 is 8.83 Å². The molecule has 7 aromatic carbocycles. The molecule has 3 aromatic heterocycles. The van der Waals surface area contributed by atoms with Crippen LogP contribution >= 0.6 is 0 Å². The molecule has 46 heavy (non-hydrogen) atoms. The summed E-state index contributed by atoms with van der Waals surface area (Å²) in [5, 5.41) is 8.33. The SMILES string of the molecule is c1ccc(-c2nc(-c3ccc4ccccc4c3)nc(-c3cccc4c5oc6ccccc6c5c5oc6ccccc6c5c34)n2)cc1. The molecule has 0 aliphatic rings. The van der Waals surface area contributed by atoms with E-state index >= 15 is 0 Å². The number of para-hydroxylation sites is 2. The molecule has 0 spiro atoms. The summed E-state index contributed by atoms with van der Waals surface area (Å²) in [5.74, 6) is 1.82. The van der Waals surface area contributed by atoms with Crippen LogP contribution in [0.15, 0.2) is 148 Å². The lowest BCUT2D eigenvalue weighted by atomic mass is 9.95. The van der Waals surface area contributed by atoms with Crippen molar-refractivity contribution in [2.45, 2.75) is 0 Å². The zero-order valence-corrected chi connectivity index (χ0v) is 24.4. The molecule has 0 amide bonds. The lowest BCUT2D eigenvalue weighted by Crippen LogP contribution is -2.00. The van der Waals surface area contributed by atoms with Gasteiger partial charge >= 0.3 is 0 Å². The standard InChI is InChI=1S/C41H23N3O2/c1-2-12-25(13-3-1)39-42-40(27-22-21-24-11-4-5-14-26(24)23-27)44-41(43-39)31-18-10-17-30-34(31)35-28-15-6-8-19-32(28)46-38(35)36-29-16-7-9-20-33(29)45-37(30)36/h1-23H. The third-order valence-corrected chi connectivity index (χ3v) is 8.89. The molecule has 214 valence electrons. The fraction of sp³-hybridized carbons (Fsp3) is 0. The van der Waals surface area contributed by atoms with Crippen LogP contribution in [0.2, 0.25) is 0 Å². The Labute approximate surface area is 262 Å². The molecule has 0 radical (unpaired) electrons. The molecule has 0 saturated heterocycles. The van der Waals surface area contributed by atoms with Crippen LogP contribution < -0.4 is 0 Å². The quantitative estimate of drug-likeness (QED) is 0.205. The van der Waals surface area contributed by atoms with Gasteiger partial charge in [-0.05, 0) is 29.0 Å². The van der Waals surface area contributed by atoms with Crippen molar-refractivity contribution in [2.75, 3.05) is 0 Å². The summed E-state index contributed by atoms with van der Waals surface area (Å²) >= 11 is 0. The normalized spacial score (nSPS) is 11.9. The second-order valence-corrected chi connectivity index (χ2v) is 11.6. The van der Waals surface area contributed by atoms with E-state index in [1.165, 1.54) is 5.39 Å². The minimum Gasteiger partial charge on any atom is -0.455 e. The molecular weight excluding hydrogens is 566 g/mol. The minimum absolute atomic E-state index is 0.588. The summed E-state index contributed by atoms with van der Waals surface area (Å²) in [6.07, 6.45) is 0. The Bertz CT molecular complexity index is 2810. The van der Waals surface area contributed by atoms with Gasteiger partial charge in [0.1, 0.15) is 22.3 Å². The van der Waals surface area contributed by atoms with Crippen molar-refractivity contribution in [3.8, 4) is 34.2 Å². The maximum atomic E-state index is 6.64. The molecule has 5 heteroatoms. The van der Waals surface area contributed by atoms with E-state index in [-0.39, 0.29) is 0 Å². The Balaban J connectivity index is 1.34. The van der Waals surface area contributed by atoms with E-state index in [9.17, 15) is 0 Å². The zero-order valence-electron chi connectivity index (χ0n) is 24.4. The predicted molar refractivity (Wildman–Crippen MR) is 186 cm³/mol. The van der Waals surface area contributed by atoms with Crippen LogP contribution in [0, 0.1) is 0 Å². The number of furan rings is 2. The third-order valence-electron chi connectivity index (χ3n) is 8.89. The average molecular weight is 590 g/mol. The number of nitrogens with zero attached hydrogens (tertiary/aromatic N) is 3. The maximum absolute atomic E-state index is 6.64. The molecule has 0 unspecified atom stereocenters. The van der Waals surface area contributed by atoms with Gasteiger partial charge in [0.05, 0.1) is 5.39 Å². The topological polar surface area (TPSA) is 65.0 Å². The molecule has 0 aliphatic heterocycles. The number of rotatable bonds is 3. The van der Waals surface area contributed by atoms with Crippen LogP contribution in [-0.4, -0.2) is 15.0 Å². The number of fused-ring (bicyclic) bond motifs is 11. The first-order valence-electron chi connectivity index (χ1n) is 15.3. The van der Waals surface area contributed by atoms with Crippen molar-refractivity contribution < 1.29 is 8.83 Å². The highest BCUT2D eigenvalue weighted by Crippen LogP contribution is 2.47. The molecule has 10 aromatic rings. The van der Waals surface area contributed by atoms with E-state index < -0.39 is 0 Å². The molecule has 0 atom stereocenters. The van der Waals surface area contributed by atoms with E-state index in [0.717, 1.165) is 76.7 Å². The Kier molecular flexibility index (Phi) is 5.22. The Morgan fingerprint density at radius 2 is 0.978 bits per heavy atom. The molecule has 0 aliphatic carbocycles. The molecule has 5 nitrogen and oxygen atoms in total. The number of hydrogen-bond donors (Lipinski definition) is 0. The molecule has 10 rings (SSSR count). The predicted octanol–water partition coefficient (Wildman–Crippen LogP) is 11.0. The summed E-state index contributed by atoms with van der Waals surface area (Å²) in [4.78, 5) is 15.3. The van der Waals surface area contributed by atoms with Gasteiger partial charge in [0.2, 0.25) is 0 Å². The summed E-state index contributed by atoms with van der Waals surface area (Å²) in [5.41, 5.74) is 5.97. The van der Waals surface area contributed by atoms with Crippen molar-refractivity contribution in [3.05, 3.63) is 140 Å². The molecule has 0 fully saturated rings. The summed E-state index contributed by atoms with van der Waals surface area (Å²) in [7, 11) is 0. The summed E-state index contributed by atoms with van der Waals surface area (Å²) in [6.45, 7) is 0. The highest BCUT2D eigenvalue weighted by atomic mass is 16.3. The largest absolute Gasteiger partial charge is 0.455 e. The van der Waals surface area contributed by atoms with Gasteiger partial charge in [-0.3, -0.25) is 0 Å². The minimum atomic E-state index is 0.588. The van der Waals surface area contributed by atoms with E-state index in [2.05, 4.69) is 78.9 Å². The monoisotopic (exact) mass is 589 g/mol. The molecule has 0 N–H and O–H groups in total. The zero-order chi connectivity index (χ0) is 30.2. The lowest BCUT2D eigenvalue weighted by Gasteiger charge is -2.12. The lowest BCUT2D eigenvalue weighted by molar-refractivity contribution is 0.665. The maximum Gasteiger partial charge on any atom is 0.164 e. The fourth-order valence-electron chi connectivity index (χ4n) is 6.80. The Morgan fingerprint density at radius 3 is 1.78 bits per heavy atom. The van der Waals surface area contributed by atoms with Crippen molar-refractivity contribution >= 4 is 65.4 Å². The van der Waals surface area contributed by atoms with Crippen LogP contribution in [-0.2, 0) is 0 Å². The smallest absolute Gasteiger partial charge is 0.164 e. The van der Waals surface area contributed by atoms with Crippen LogP contribution in [0.1, 0.15) is 0 Å². The van der Waals surface area contributed by atoms with Crippen LogP contribution in [0.5, 0.6) is 0 Å². The number of aromatic nitrogens is 3. The second kappa shape index (κ2) is 9.58. The van der Waals surface area contributed by atoms with E-state index in [4.69, 9.17) is 23.8 Å². The Morgan fingerprint density at radius 1 is 0.370 bits per heavy atom. The molecule has 0 bridgehead atoms. The van der Waals surface area contributed by atoms with Gasteiger partial charge in [-0.25, -0.2) is 15.0 Å². The van der Waals surface area contributed by atoms with Gasteiger partial charge in [0, 0.05) is 43.6 Å². The van der Waals surface area contributed by atoms with Gasteiger partial charge in [0.15, 0.2) is 17.5 Å². The summed E-state index contributed by atoms with van der Waals surface area (Å²) < 4.78 is 13.2. The van der Waals surface area contributed by atoms with Gasteiger partial charge in [-0.2, -0.15) is 0 Å². The van der Waals surface area contributed by atoms with Crippen molar-refractivity contribution in [3.63, 3.8) is 0 Å². The van der Waals surface area contributed by atoms with E-state index in [1.54, 1.807) is 0 Å². The Hall–Kier alpha value is -6.33. The first kappa shape index (κ1) is 25.0. The van der Waals surface area contributed by atoms with Crippen molar-refractivity contribution in [1.82, 2.24) is 15.0 Å². The van der Waals surface area contributed by atoms with Crippen molar-refractivity contribution in [1.29, 1.82) is 0 Å². The number of benzene rings is 7. The van der Waals surface area contributed by atoms with Crippen LogP contribution in [0.25, 0.3) is 99.6 Å². The second-order valence-electron chi connectivity index (χ2n) is 11.6. The molecular formula is C41H23N3O2. The summed E-state index contributed by atoms with van der Waals surface area (Å²) in [6, 6.07) is 47.4. The molecule has 0 saturated carbocycles. The van der Waals surface area contributed by atoms with Gasteiger partial charge in [-0.15, -0.1) is 0 Å². The molecule has 3 heterocycles. The fourth-order valence-corrected chi connectivity index (χ4v) is 6.80. The number of hydrogen-bond acceptors (Lipinski definition) is 5. The first-order chi connectivity index (χ1) is 22.8.